The van der Waals surface area contributed by atoms with Crippen molar-refractivity contribution in [1.29, 1.82) is 0 Å². The van der Waals surface area contributed by atoms with Crippen molar-refractivity contribution in [2.45, 2.75) is 84.0 Å². The highest BCUT2D eigenvalue weighted by Crippen LogP contribution is 2.12. The summed E-state index contributed by atoms with van der Waals surface area (Å²) in [6.07, 6.45) is 14.2. The van der Waals surface area contributed by atoms with Gasteiger partial charge in [-0.1, -0.05) is 82.7 Å². The molecule has 26 heavy (non-hydrogen) atoms. The minimum Gasteiger partial charge on any atom is -0.273 e. The average molecular weight is 381 g/mol. The van der Waals surface area contributed by atoms with Gasteiger partial charge in [0, 0.05) is 17.0 Å². The molecule has 2 N–H and O–H groups in total. The van der Waals surface area contributed by atoms with Crippen molar-refractivity contribution >= 4 is 23.4 Å². The van der Waals surface area contributed by atoms with E-state index in [1.165, 1.54) is 57.8 Å². The molecule has 0 bridgehead atoms. The normalized spacial score (nSPS) is 10.5. The zero-order valence-electron chi connectivity index (χ0n) is 16.0. The van der Waals surface area contributed by atoms with Gasteiger partial charge < -0.3 is 0 Å². The SMILES string of the molecule is CCCCCCCCCCCCCC(=O)NNC(=O)c1ccc(Cl)cc1. The van der Waals surface area contributed by atoms with Crippen LogP contribution in [0.3, 0.4) is 0 Å². The van der Waals surface area contributed by atoms with Crippen LogP contribution in [0.25, 0.3) is 0 Å². The maximum Gasteiger partial charge on any atom is 0.269 e. The van der Waals surface area contributed by atoms with Crippen molar-refractivity contribution in [3.63, 3.8) is 0 Å². The van der Waals surface area contributed by atoms with Crippen LogP contribution in [0, 0.1) is 0 Å². The maximum absolute atomic E-state index is 11.9. The van der Waals surface area contributed by atoms with E-state index in [2.05, 4.69) is 17.8 Å². The van der Waals surface area contributed by atoms with Gasteiger partial charge in [0.25, 0.3) is 5.91 Å². The number of carbonyl (C=O) groups is 2. The summed E-state index contributed by atoms with van der Waals surface area (Å²) in [6, 6.07) is 6.52. The summed E-state index contributed by atoms with van der Waals surface area (Å²) in [5.41, 5.74) is 5.35. The molecule has 0 unspecified atom stereocenters. The summed E-state index contributed by atoms with van der Waals surface area (Å²) >= 11 is 5.78. The standard InChI is InChI=1S/C21H33ClN2O2/c1-2-3-4-5-6-7-8-9-10-11-12-13-20(25)23-24-21(26)18-14-16-19(22)17-15-18/h14-17H,2-13H2,1H3,(H,23,25)(H,24,26). The molecule has 1 rings (SSSR count). The van der Waals surface area contributed by atoms with E-state index < -0.39 is 0 Å². The Kier molecular flexibility index (Phi) is 12.6. The van der Waals surface area contributed by atoms with E-state index in [0.717, 1.165) is 12.8 Å². The highest BCUT2D eigenvalue weighted by atomic mass is 35.5. The first-order chi connectivity index (χ1) is 12.6. The van der Waals surface area contributed by atoms with Gasteiger partial charge in [0.2, 0.25) is 5.91 Å². The number of nitrogens with one attached hydrogen (secondary N) is 2. The topological polar surface area (TPSA) is 58.2 Å². The molecule has 4 nitrogen and oxygen atoms in total. The molecule has 0 spiro atoms. The first-order valence-corrected chi connectivity index (χ1v) is 10.4. The minimum atomic E-state index is -0.339. The lowest BCUT2D eigenvalue weighted by Gasteiger charge is -2.07. The van der Waals surface area contributed by atoms with Crippen molar-refractivity contribution in [3.8, 4) is 0 Å². The van der Waals surface area contributed by atoms with Crippen molar-refractivity contribution in [3.05, 3.63) is 34.9 Å². The van der Waals surface area contributed by atoms with Crippen molar-refractivity contribution in [1.82, 2.24) is 10.9 Å². The molecule has 0 aliphatic heterocycles. The Hall–Kier alpha value is -1.55. The Labute approximate surface area is 163 Å². The predicted octanol–water partition coefficient (Wildman–Crippen LogP) is 5.80. The minimum absolute atomic E-state index is 0.150. The van der Waals surface area contributed by atoms with E-state index >= 15 is 0 Å². The zero-order valence-corrected chi connectivity index (χ0v) is 16.7. The average Bonchev–Trinajstić information content (AvgIpc) is 2.64. The molecule has 5 heteroatoms. The molecule has 1 aromatic carbocycles. The molecular formula is C21H33ClN2O2. The first kappa shape index (κ1) is 22.5. The second kappa shape index (κ2) is 14.6. The maximum atomic E-state index is 11.9. The number of halogens is 1. The number of rotatable bonds is 13. The van der Waals surface area contributed by atoms with E-state index in [1.807, 2.05) is 0 Å². The van der Waals surface area contributed by atoms with Crippen LogP contribution in [0.15, 0.2) is 24.3 Å². The van der Waals surface area contributed by atoms with Gasteiger partial charge in [-0.25, -0.2) is 0 Å². The number of benzene rings is 1. The third kappa shape index (κ3) is 11.1. The second-order valence-electron chi connectivity index (χ2n) is 6.79. The van der Waals surface area contributed by atoms with Crippen LogP contribution in [-0.2, 0) is 4.79 Å². The smallest absolute Gasteiger partial charge is 0.269 e. The number of hydrogen-bond acceptors (Lipinski definition) is 2. The van der Waals surface area contributed by atoms with Gasteiger partial charge in [0.05, 0.1) is 0 Å². The van der Waals surface area contributed by atoms with Gasteiger partial charge in [-0.15, -0.1) is 0 Å². The fourth-order valence-corrected chi connectivity index (χ4v) is 2.94. The van der Waals surface area contributed by atoms with Crippen LogP contribution in [-0.4, -0.2) is 11.8 Å². The largest absolute Gasteiger partial charge is 0.273 e. The van der Waals surface area contributed by atoms with Gasteiger partial charge in [-0.05, 0) is 30.7 Å². The van der Waals surface area contributed by atoms with E-state index in [9.17, 15) is 9.59 Å². The number of carbonyl (C=O) groups excluding carboxylic acids is 2. The summed E-state index contributed by atoms with van der Waals surface area (Å²) in [6.45, 7) is 2.24. The number of unbranched alkanes of at least 4 members (excludes halogenated alkanes) is 10. The van der Waals surface area contributed by atoms with Crippen LogP contribution in [0.1, 0.15) is 94.3 Å². The van der Waals surface area contributed by atoms with Gasteiger partial charge in [0.15, 0.2) is 0 Å². The van der Waals surface area contributed by atoms with E-state index in [-0.39, 0.29) is 11.8 Å². The molecule has 0 radical (unpaired) electrons. The van der Waals surface area contributed by atoms with Gasteiger partial charge >= 0.3 is 0 Å². The Balaban J connectivity index is 1.95. The Morgan fingerprint density at radius 3 is 1.81 bits per heavy atom. The number of hydrazine groups is 1. The molecule has 1 aromatic rings. The predicted molar refractivity (Wildman–Crippen MR) is 108 cm³/mol. The molecule has 0 aliphatic carbocycles. The van der Waals surface area contributed by atoms with Crippen LogP contribution < -0.4 is 10.9 Å². The molecule has 0 aromatic heterocycles. The highest BCUT2D eigenvalue weighted by molar-refractivity contribution is 6.30. The monoisotopic (exact) mass is 380 g/mol. The van der Waals surface area contributed by atoms with E-state index in [1.54, 1.807) is 24.3 Å². The Morgan fingerprint density at radius 2 is 1.27 bits per heavy atom. The van der Waals surface area contributed by atoms with E-state index in [4.69, 9.17) is 11.6 Å². The van der Waals surface area contributed by atoms with Crippen molar-refractivity contribution in [2.24, 2.45) is 0 Å². The van der Waals surface area contributed by atoms with Gasteiger partial charge in [-0.2, -0.15) is 0 Å². The van der Waals surface area contributed by atoms with Gasteiger partial charge in [-0.3, -0.25) is 20.4 Å². The zero-order chi connectivity index (χ0) is 19.0. The lowest BCUT2D eigenvalue weighted by Crippen LogP contribution is -2.41. The molecule has 0 saturated carbocycles. The molecule has 0 aliphatic rings. The van der Waals surface area contributed by atoms with Crippen LogP contribution in [0.4, 0.5) is 0 Å². The number of hydrogen-bond donors (Lipinski definition) is 2. The summed E-state index contributed by atoms with van der Waals surface area (Å²) in [4.78, 5) is 23.6. The molecule has 0 heterocycles. The lowest BCUT2D eigenvalue weighted by atomic mass is 10.1. The molecular weight excluding hydrogens is 348 g/mol. The van der Waals surface area contributed by atoms with Gasteiger partial charge in [0.1, 0.15) is 0 Å². The molecule has 0 atom stereocenters. The van der Waals surface area contributed by atoms with Crippen LogP contribution in [0.5, 0.6) is 0 Å². The Morgan fingerprint density at radius 1 is 0.769 bits per heavy atom. The molecule has 146 valence electrons. The summed E-state index contributed by atoms with van der Waals surface area (Å²) in [7, 11) is 0. The number of amides is 2. The van der Waals surface area contributed by atoms with Crippen molar-refractivity contribution in [2.75, 3.05) is 0 Å². The first-order valence-electron chi connectivity index (χ1n) is 9.98. The molecule has 0 saturated heterocycles. The molecule has 0 fully saturated rings. The summed E-state index contributed by atoms with van der Waals surface area (Å²) in [5.74, 6) is -0.489. The molecule has 2 amide bonds. The van der Waals surface area contributed by atoms with Crippen molar-refractivity contribution < 1.29 is 9.59 Å². The quantitative estimate of drug-likeness (QED) is 0.335. The highest BCUT2D eigenvalue weighted by Gasteiger charge is 2.07. The third-order valence-electron chi connectivity index (χ3n) is 4.43. The fourth-order valence-electron chi connectivity index (χ4n) is 2.81. The van der Waals surface area contributed by atoms with Crippen LogP contribution >= 0.6 is 11.6 Å². The Bertz CT molecular complexity index is 517. The summed E-state index contributed by atoms with van der Waals surface area (Å²) in [5, 5.41) is 0.571. The summed E-state index contributed by atoms with van der Waals surface area (Å²) < 4.78 is 0. The third-order valence-corrected chi connectivity index (χ3v) is 4.68. The van der Waals surface area contributed by atoms with Crippen LogP contribution in [0.2, 0.25) is 5.02 Å². The van der Waals surface area contributed by atoms with E-state index in [0.29, 0.717) is 17.0 Å². The fraction of sp³-hybridized carbons (Fsp3) is 0.619. The second-order valence-corrected chi connectivity index (χ2v) is 7.23. The lowest BCUT2D eigenvalue weighted by molar-refractivity contribution is -0.122.